The van der Waals surface area contributed by atoms with Crippen LogP contribution >= 0.6 is 0 Å². The molecule has 0 aliphatic carbocycles. The van der Waals surface area contributed by atoms with Gasteiger partial charge in [-0.2, -0.15) is 0 Å². The number of anilines is 1. The highest BCUT2D eigenvalue weighted by atomic mass is 16.7. The van der Waals surface area contributed by atoms with E-state index in [0.717, 1.165) is 36.7 Å². The van der Waals surface area contributed by atoms with Gasteiger partial charge in [-0.05, 0) is 25.1 Å². The molecule has 0 saturated carbocycles. The summed E-state index contributed by atoms with van der Waals surface area (Å²) in [7, 11) is 0. The summed E-state index contributed by atoms with van der Waals surface area (Å²) in [4.78, 5) is 13.9. The third-order valence-corrected chi connectivity index (χ3v) is 3.23. The standard InChI is InChI=1S/C13H16N2O3/c16-13-2-1-5-14-6-7-15(13)10-3-4-11-12(8-10)18-9-17-11/h3-4,8,14H,1-2,5-7,9H2. The van der Waals surface area contributed by atoms with Crippen LogP contribution in [-0.4, -0.2) is 32.3 Å². The van der Waals surface area contributed by atoms with Crippen LogP contribution in [0, 0.1) is 0 Å². The quantitative estimate of drug-likeness (QED) is 0.809. The fourth-order valence-corrected chi connectivity index (χ4v) is 2.27. The van der Waals surface area contributed by atoms with E-state index in [2.05, 4.69) is 5.32 Å². The van der Waals surface area contributed by atoms with Crippen molar-refractivity contribution in [1.29, 1.82) is 0 Å². The van der Waals surface area contributed by atoms with Gasteiger partial charge in [0.15, 0.2) is 11.5 Å². The molecule has 96 valence electrons. The third kappa shape index (κ3) is 2.13. The maximum atomic E-state index is 12.1. The molecule has 0 aromatic heterocycles. The SMILES string of the molecule is O=C1CCCNCCN1c1ccc2c(c1)OCO2. The van der Waals surface area contributed by atoms with Crippen LogP contribution in [0.1, 0.15) is 12.8 Å². The molecule has 1 N–H and O–H groups in total. The van der Waals surface area contributed by atoms with Crippen molar-refractivity contribution < 1.29 is 14.3 Å². The number of benzene rings is 1. The predicted molar refractivity (Wildman–Crippen MR) is 67.0 cm³/mol. The van der Waals surface area contributed by atoms with Crippen molar-refractivity contribution in [3.05, 3.63) is 18.2 Å². The first kappa shape index (κ1) is 11.3. The lowest BCUT2D eigenvalue weighted by Gasteiger charge is -2.25. The summed E-state index contributed by atoms with van der Waals surface area (Å²) < 4.78 is 10.6. The molecular weight excluding hydrogens is 232 g/mol. The highest BCUT2D eigenvalue weighted by Gasteiger charge is 2.20. The zero-order valence-corrected chi connectivity index (χ0v) is 10.1. The lowest BCUT2D eigenvalue weighted by atomic mass is 10.2. The third-order valence-electron chi connectivity index (χ3n) is 3.23. The average molecular weight is 248 g/mol. The molecule has 1 aromatic carbocycles. The van der Waals surface area contributed by atoms with Gasteiger partial charge >= 0.3 is 0 Å². The number of ether oxygens (including phenoxy) is 2. The number of hydrogen-bond acceptors (Lipinski definition) is 4. The molecule has 1 aromatic rings. The van der Waals surface area contributed by atoms with Gasteiger partial charge in [0, 0.05) is 31.3 Å². The summed E-state index contributed by atoms with van der Waals surface area (Å²) in [5, 5.41) is 3.31. The van der Waals surface area contributed by atoms with Gasteiger partial charge in [-0.3, -0.25) is 4.79 Å². The van der Waals surface area contributed by atoms with Crippen molar-refractivity contribution in [2.75, 3.05) is 31.3 Å². The zero-order chi connectivity index (χ0) is 12.4. The van der Waals surface area contributed by atoms with E-state index in [1.807, 2.05) is 23.1 Å². The Morgan fingerprint density at radius 1 is 1.17 bits per heavy atom. The minimum atomic E-state index is 0.176. The number of amides is 1. The maximum Gasteiger partial charge on any atom is 0.231 e. The Morgan fingerprint density at radius 3 is 3.00 bits per heavy atom. The summed E-state index contributed by atoms with van der Waals surface area (Å²) in [6.45, 7) is 2.69. The van der Waals surface area contributed by atoms with Crippen LogP contribution in [0.15, 0.2) is 18.2 Å². The first-order chi connectivity index (χ1) is 8.84. The number of hydrogen-bond donors (Lipinski definition) is 1. The largest absolute Gasteiger partial charge is 0.454 e. The van der Waals surface area contributed by atoms with Gasteiger partial charge in [-0.1, -0.05) is 0 Å². The summed E-state index contributed by atoms with van der Waals surface area (Å²) in [6.07, 6.45) is 1.47. The molecule has 2 aliphatic heterocycles. The first-order valence-corrected chi connectivity index (χ1v) is 6.25. The summed E-state index contributed by atoms with van der Waals surface area (Å²) in [5.74, 6) is 1.64. The van der Waals surface area contributed by atoms with Crippen LogP contribution < -0.4 is 19.7 Å². The highest BCUT2D eigenvalue weighted by Crippen LogP contribution is 2.35. The van der Waals surface area contributed by atoms with E-state index in [4.69, 9.17) is 9.47 Å². The van der Waals surface area contributed by atoms with Gasteiger partial charge in [0.25, 0.3) is 0 Å². The molecule has 3 rings (SSSR count). The van der Waals surface area contributed by atoms with Crippen LogP contribution in [-0.2, 0) is 4.79 Å². The van der Waals surface area contributed by atoms with Crippen molar-refractivity contribution in [2.24, 2.45) is 0 Å². The summed E-state index contributed by atoms with van der Waals surface area (Å²) in [6, 6.07) is 5.64. The average Bonchev–Trinajstić information content (AvgIpc) is 2.81. The van der Waals surface area contributed by atoms with Gasteiger partial charge in [0.05, 0.1) is 0 Å². The second kappa shape index (κ2) is 4.86. The molecule has 1 saturated heterocycles. The Labute approximate surface area is 106 Å². The van der Waals surface area contributed by atoms with Gasteiger partial charge < -0.3 is 19.7 Å². The maximum absolute atomic E-state index is 12.1. The monoisotopic (exact) mass is 248 g/mol. The van der Waals surface area contributed by atoms with Crippen LogP contribution in [0.2, 0.25) is 0 Å². The first-order valence-electron chi connectivity index (χ1n) is 6.25. The Morgan fingerprint density at radius 2 is 2.06 bits per heavy atom. The van der Waals surface area contributed by atoms with E-state index in [1.165, 1.54) is 0 Å². The van der Waals surface area contributed by atoms with Crippen LogP contribution in [0.3, 0.4) is 0 Å². The van der Waals surface area contributed by atoms with Crippen LogP contribution in [0.4, 0.5) is 5.69 Å². The van der Waals surface area contributed by atoms with E-state index >= 15 is 0 Å². The Hall–Kier alpha value is -1.75. The molecular formula is C13H16N2O3. The van der Waals surface area contributed by atoms with Gasteiger partial charge in [-0.15, -0.1) is 0 Å². The predicted octanol–water partition coefficient (Wildman–Crippen LogP) is 1.13. The molecule has 1 fully saturated rings. The van der Waals surface area contributed by atoms with E-state index in [-0.39, 0.29) is 12.7 Å². The number of carbonyl (C=O) groups is 1. The summed E-state index contributed by atoms with van der Waals surface area (Å²) >= 11 is 0. The fraction of sp³-hybridized carbons (Fsp3) is 0.462. The number of rotatable bonds is 1. The van der Waals surface area contributed by atoms with E-state index in [1.54, 1.807) is 0 Å². The van der Waals surface area contributed by atoms with Crippen LogP contribution in [0.25, 0.3) is 0 Å². The topological polar surface area (TPSA) is 50.8 Å². The highest BCUT2D eigenvalue weighted by molar-refractivity contribution is 5.93. The van der Waals surface area contributed by atoms with Crippen LogP contribution in [0.5, 0.6) is 11.5 Å². The summed E-state index contributed by atoms with van der Waals surface area (Å²) in [5.41, 5.74) is 0.882. The number of fused-ring (bicyclic) bond motifs is 1. The van der Waals surface area contributed by atoms with E-state index < -0.39 is 0 Å². The van der Waals surface area contributed by atoms with Crippen molar-refractivity contribution in [3.8, 4) is 11.5 Å². The Bertz CT molecular complexity index is 462. The molecule has 5 nitrogen and oxygen atoms in total. The van der Waals surface area contributed by atoms with Gasteiger partial charge in [0.1, 0.15) is 0 Å². The molecule has 0 radical (unpaired) electrons. The lowest BCUT2D eigenvalue weighted by Crippen LogP contribution is -2.39. The molecule has 18 heavy (non-hydrogen) atoms. The second-order valence-electron chi connectivity index (χ2n) is 4.44. The number of nitrogens with one attached hydrogen (secondary N) is 1. The normalized spacial score (nSPS) is 19.6. The van der Waals surface area contributed by atoms with Crippen molar-refractivity contribution >= 4 is 11.6 Å². The molecule has 2 heterocycles. The molecule has 1 amide bonds. The Balaban J connectivity index is 1.85. The molecule has 0 spiro atoms. The molecule has 5 heteroatoms. The Kier molecular flexibility index (Phi) is 3.06. The van der Waals surface area contributed by atoms with E-state index in [9.17, 15) is 4.79 Å². The lowest BCUT2D eigenvalue weighted by molar-refractivity contribution is -0.118. The second-order valence-corrected chi connectivity index (χ2v) is 4.44. The number of nitrogens with zero attached hydrogens (tertiary/aromatic N) is 1. The van der Waals surface area contributed by atoms with Gasteiger partial charge in [0.2, 0.25) is 12.7 Å². The fourth-order valence-electron chi connectivity index (χ4n) is 2.27. The molecule has 0 bridgehead atoms. The molecule has 2 aliphatic rings. The molecule has 0 unspecified atom stereocenters. The van der Waals surface area contributed by atoms with Crippen molar-refractivity contribution in [1.82, 2.24) is 5.32 Å². The van der Waals surface area contributed by atoms with Crippen molar-refractivity contribution in [2.45, 2.75) is 12.8 Å². The number of carbonyl (C=O) groups excluding carboxylic acids is 1. The van der Waals surface area contributed by atoms with Gasteiger partial charge in [-0.25, -0.2) is 0 Å². The van der Waals surface area contributed by atoms with Crippen molar-refractivity contribution in [3.63, 3.8) is 0 Å². The minimum Gasteiger partial charge on any atom is -0.454 e. The molecule has 0 atom stereocenters. The minimum absolute atomic E-state index is 0.176. The smallest absolute Gasteiger partial charge is 0.231 e. The zero-order valence-electron chi connectivity index (χ0n) is 10.1. The van der Waals surface area contributed by atoms with E-state index in [0.29, 0.717) is 13.0 Å².